The zero-order valence-corrected chi connectivity index (χ0v) is 17.6. The fourth-order valence-electron chi connectivity index (χ4n) is 2.70. The van der Waals surface area contributed by atoms with Crippen LogP contribution in [0.1, 0.15) is 27.5 Å². The smallest absolute Gasteiger partial charge is 0.338 e. The maximum Gasteiger partial charge on any atom is 0.338 e. The third-order valence-corrected chi connectivity index (χ3v) is 5.80. The van der Waals surface area contributed by atoms with Crippen molar-refractivity contribution >= 4 is 46.6 Å². The first-order chi connectivity index (χ1) is 14.5. The Morgan fingerprint density at radius 1 is 1.13 bits per heavy atom. The quantitative estimate of drug-likeness (QED) is 0.530. The molecule has 0 radical (unpaired) electrons. The maximum absolute atomic E-state index is 12.5. The van der Waals surface area contributed by atoms with Gasteiger partial charge in [-0.05, 0) is 29.8 Å². The zero-order valence-electron chi connectivity index (χ0n) is 15.9. The van der Waals surface area contributed by atoms with Crippen LogP contribution in [-0.2, 0) is 19.1 Å². The van der Waals surface area contributed by atoms with Crippen molar-refractivity contribution in [2.45, 2.75) is 13.0 Å². The van der Waals surface area contributed by atoms with Crippen LogP contribution in [0.2, 0.25) is 0 Å². The summed E-state index contributed by atoms with van der Waals surface area (Å²) in [6, 6.07) is 5.70. The van der Waals surface area contributed by atoms with Gasteiger partial charge in [-0.1, -0.05) is 12.1 Å². The molecule has 30 heavy (non-hydrogen) atoms. The van der Waals surface area contributed by atoms with E-state index in [1.807, 2.05) is 5.38 Å². The lowest BCUT2D eigenvalue weighted by Crippen LogP contribution is -2.47. The minimum atomic E-state index is -0.718. The van der Waals surface area contributed by atoms with Crippen molar-refractivity contribution in [2.75, 3.05) is 19.8 Å². The minimum Gasteiger partial charge on any atom is -0.463 e. The van der Waals surface area contributed by atoms with Gasteiger partial charge >= 0.3 is 18.0 Å². The second-order valence-electron chi connectivity index (χ2n) is 5.98. The van der Waals surface area contributed by atoms with E-state index in [4.69, 9.17) is 9.47 Å². The van der Waals surface area contributed by atoms with E-state index in [0.717, 1.165) is 4.88 Å². The standard InChI is InChI=1S/C19H19N3O6S2/c1-2-27-18(25)15-11(21-19(26)22-16(15)12-5-3-7-29-12)10-28-14(23)9-20-17(24)13-6-4-8-30-13/h3-8,16H,2,9-10H2,1H3,(H,20,24)(H2,21,22,26)/t16-/m0/s1. The molecular formula is C19H19N3O6S2. The van der Waals surface area contributed by atoms with Gasteiger partial charge in [-0.2, -0.15) is 0 Å². The van der Waals surface area contributed by atoms with Crippen molar-refractivity contribution in [3.63, 3.8) is 0 Å². The number of thiophene rings is 2. The lowest BCUT2D eigenvalue weighted by molar-refractivity contribution is -0.142. The number of carbonyl (C=O) groups excluding carboxylic acids is 4. The molecular weight excluding hydrogens is 430 g/mol. The highest BCUT2D eigenvalue weighted by molar-refractivity contribution is 7.12. The predicted molar refractivity (Wildman–Crippen MR) is 110 cm³/mol. The van der Waals surface area contributed by atoms with Gasteiger partial charge in [-0.3, -0.25) is 9.59 Å². The Bertz CT molecular complexity index is 953. The number of esters is 2. The van der Waals surface area contributed by atoms with E-state index in [1.165, 1.54) is 22.7 Å². The lowest BCUT2D eigenvalue weighted by atomic mass is 10.0. The van der Waals surface area contributed by atoms with Crippen molar-refractivity contribution in [3.8, 4) is 0 Å². The number of urea groups is 1. The Morgan fingerprint density at radius 2 is 1.90 bits per heavy atom. The highest BCUT2D eigenvalue weighted by Gasteiger charge is 2.34. The Balaban J connectivity index is 1.70. The van der Waals surface area contributed by atoms with E-state index in [-0.39, 0.29) is 36.9 Å². The number of ether oxygens (including phenoxy) is 2. The first kappa shape index (κ1) is 21.5. The molecule has 1 aliphatic rings. The van der Waals surface area contributed by atoms with Crippen molar-refractivity contribution in [2.24, 2.45) is 0 Å². The molecule has 158 valence electrons. The number of rotatable bonds is 8. The molecule has 2 aromatic heterocycles. The van der Waals surface area contributed by atoms with Gasteiger partial charge in [0.1, 0.15) is 13.2 Å². The summed E-state index contributed by atoms with van der Waals surface area (Å²) in [7, 11) is 0. The van der Waals surface area contributed by atoms with E-state index < -0.39 is 24.0 Å². The van der Waals surface area contributed by atoms with Crippen LogP contribution in [-0.4, -0.2) is 43.6 Å². The van der Waals surface area contributed by atoms with Crippen LogP contribution in [0.5, 0.6) is 0 Å². The van der Waals surface area contributed by atoms with Crippen LogP contribution in [0.4, 0.5) is 4.79 Å². The van der Waals surface area contributed by atoms with Crippen LogP contribution in [0.3, 0.4) is 0 Å². The molecule has 0 unspecified atom stereocenters. The third-order valence-electron chi connectivity index (χ3n) is 3.99. The van der Waals surface area contributed by atoms with Crippen molar-refractivity contribution in [3.05, 3.63) is 56.1 Å². The molecule has 0 spiro atoms. The van der Waals surface area contributed by atoms with Gasteiger partial charge in [-0.15, -0.1) is 22.7 Å². The largest absolute Gasteiger partial charge is 0.463 e. The third kappa shape index (κ3) is 5.24. The molecule has 0 bridgehead atoms. The average Bonchev–Trinajstić information content (AvgIpc) is 3.44. The van der Waals surface area contributed by atoms with Gasteiger partial charge in [0.05, 0.1) is 28.8 Å². The first-order valence-electron chi connectivity index (χ1n) is 8.98. The molecule has 3 amide bonds. The molecule has 3 N–H and O–H groups in total. The Labute approximate surface area is 180 Å². The van der Waals surface area contributed by atoms with Crippen molar-refractivity contribution < 1.29 is 28.7 Å². The first-order valence-corrected chi connectivity index (χ1v) is 10.7. The molecule has 0 fully saturated rings. The van der Waals surface area contributed by atoms with E-state index in [1.54, 1.807) is 36.6 Å². The lowest BCUT2D eigenvalue weighted by Gasteiger charge is -2.28. The molecule has 0 saturated heterocycles. The fraction of sp³-hybridized carbons (Fsp3) is 0.263. The van der Waals surface area contributed by atoms with Gasteiger partial charge in [0.25, 0.3) is 5.91 Å². The molecule has 0 saturated carbocycles. The summed E-state index contributed by atoms with van der Waals surface area (Å²) in [5, 5.41) is 11.2. The van der Waals surface area contributed by atoms with E-state index in [0.29, 0.717) is 4.88 Å². The number of nitrogens with one attached hydrogen (secondary N) is 3. The number of hydrogen-bond acceptors (Lipinski definition) is 8. The normalized spacial score (nSPS) is 15.8. The number of carbonyl (C=O) groups is 4. The second-order valence-corrected chi connectivity index (χ2v) is 7.91. The minimum absolute atomic E-state index is 0.133. The predicted octanol–water partition coefficient (Wildman–Crippen LogP) is 1.95. The Morgan fingerprint density at radius 3 is 2.57 bits per heavy atom. The van der Waals surface area contributed by atoms with Crippen LogP contribution < -0.4 is 16.0 Å². The Kier molecular flexibility index (Phi) is 7.20. The van der Waals surface area contributed by atoms with Gasteiger partial charge in [0, 0.05) is 4.88 Å². The zero-order chi connectivity index (χ0) is 21.5. The molecule has 1 aliphatic heterocycles. The highest BCUT2D eigenvalue weighted by Crippen LogP contribution is 2.30. The summed E-state index contributed by atoms with van der Waals surface area (Å²) in [6.07, 6.45) is 0. The van der Waals surface area contributed by atoms with Crippen LogP contribution >= 0.6 is 22.7 Å². The van der Waals surface area contributed by atoms with Gasteiger partial charge in [0.15, 0.2) is 0 Å². The van der Waals surface area contributed by atoms with E-state index in [9.17, 15) is 19.2 Å². The summed E-state index contributed by atoms with van der Waals surface area (Å²) in [5.41, 5.74) is 0.294. The van der Waals surface area contributed by atoms with Gasteiger partial charge < -0.3 is 25.4 Å². The summed E-state index contributed by atoms with van der Waals surface area (Å²) in [6.45, 7) is 1.12. The molecule has 3 rings (SSSR count). The molecule has 9 nitrogen and oxygen atoms in total. The summed E-state index contributed by atoms with van der Waals surface area (Å²) in [5.74, 6) is -1.72. The van der Waals surface area contributed by atoms with Crippen LogP contribution in [0.25, 0.3) is 0 Å². The Hall–Kier alpha value is -3.18. The second kappa shape index (κ2) is 10.0. The van der Waals surface area contributed by atoms with Crippen molar-refractivity contribution in [1.82, 2.24) is 16.0 Å². The molecule has 2 aromatic rings. The number of amides is 3. The van der Waals surface area contributed by atoms with Crippen molar-refractivity contribution in [1.29, 1.82) is 0 Å². The maximum atomic E-state index is 12.5. The summed E-state index contributed by atoms with van der Waals surface area (Å²) >= 11 is 2.62. The topological polar surface area (TPSA) is 123 Å². The average molecular weight is 450 g/mol. The molecule has 3 heterocycles. The highest BCUT2D eigenvalue weighted by atomic mass is 32.1. The molecule has 0 aromatic carbocycles. The fourth-order valence-corrected chi connectivity index (χ4v) is 4.13. The monoisotopic (exact) mass is 449 g/mol. The number of hydrogen-bond donors (Lipinski definition) is 3. The van der Waals surface area contributed by atoms with Gasteiger partial charge in [0.2, 0.25) is 0 Å². The molecule has 1 atom stereocenters. The molecule has 0 aliphatic carbocycles. The van der Waals surface area contributed by atoms with E-state index >= 15 is 0 Å². The summed E-state index contributed by atoms with van der Waals surface area (Å²) in [4.78, 5) is 49.8. The van der Waals surface area contributed by atoms with Gasteiger partial charge in [-0.25, -0.2) is 9.59 Å². The van der Waals surface area contributed by atoms with E-state index in [2.05, 4.69) is 16.0 Å². The van der Waals surface area contributed by atoms with Crippen LogP contribution in [0.15, 0.2) is 46.3 Å². The van der Waals surface area contributed by atoms with Crippen LogP contribution in [0, 0.1) is 0 Å². The molecule has 11 heteroatoms. The SMILES string of the molecule is CCOC(=O)C1=C(COC(=O)CNC(=O)c2cccs2)NC(=O)N[C@H]1c1cccs1. The summed E-state index contributed by atoms with van der Waals surface area (Å²) < 4.78 is 10.3.